The Kier molecular flexibility index (Phi) is 4.99. The lowest BCUT2D eigenvalue weighted by Crippen LogP contribution is -2.45. The predicted octanol–water partition coefficient (Wildman–Crippen LogP) is 2.18. The van der Waals surface area contributed by atoms with Crippen LogP contribution in [-0.4, -0.2) is 52.8 Å². The molecule has 0 spiro atoms. The molecule has 1 aromatic carbocycles. The predicted molar refractivity (Wildman–Crippen MR) is 92.0 cm³/mol. The van der Waals surface area contributed by atoms with Crippen molar-refractivity contribution in [3.8, 4) is 0 Å². The SMILES string of the molecule is CN1C(=O)C[C@H](C(=O)N2CCC[C@@H](C(=O)O)C2)[C@H]1c1cccc(Cl)c1. The summed E-state index contributed by atoms with van der Waals surface area (Å²) in [6.45, 7) is 0.754. The second kappa shape index (κ2) is 7.04. The Labute approximate surface area is 151 Å². The number of likely N-dealkylation sites (tertiary alicyclic amines) is 2. The molecule has 1 N–H and O–H groups in total. The lowest BCUT2D eigenvalue weighted by molar-refractivity contribution is -0.147. The van der Waals surface area contributed by atoms with Crippen molar-refractivity contribution in [1.29, 1.82) is 0 Å². The van der Waals surface area contributed by atoms with Crippen molar-refractivity contribution >= 4 is 29.4 Å². The van der Waals surface area contributed by atoms with E-state index in [9.17, 15) is 19.5 Å². The number of aliphatic carboxylic acids is 1. The number of piperidine rings is 1. The van der Waals surface area contributed by atoms with E-state index in [1.165, 1.54) is 0 Å². The number of nitrogens with zero attached hydrogens (tertiary/aromatic N) is 2. The van der Waals surface area contributed by atoms with E-state index in [0.717, 1.165) is 5.56 Å². The second-order valence-corrected chi connectivity index (χ2v) is 7.21. The van der Waals surface area contributed by atoms with Crippen LogP contribution in [0.15, 0.2) is 24.3 Å². The molecule has 6 nitrogen and oxygen atoms in total. The number of carbonyl (C=O) groups excluding carboxylic acids is 2. The van der Waals surface area contributed by atoms with Gasteiger partial charge in [0.15, 0.2) is 0 Å². The third kappa shape index (κ3) is 3.49. The maximum absolute atomic E-state index is 13.0. The molecule has 2 heterocycles. The van der Waals surface area contributed by atoms with Crippen molar-refractivity contribution in [2.45, 2.75) is 25.3 Å². The molecular formula is C18H21ClN2O4. The van der Waals surface area contributed by atoms with E-state index < -0.39 is 17.8 Å². The molecule has 25 heavy (non-hydrogen) atoms. The summed E-state index contributed by atoms with van der Waals surface area (Å²) in [7, 11) is 1.69. The van der Waals surface area contributed by atoms with Crippen molar-refractivity contribution in [3.05, 3.63) is 34.9 Å². The van der Waals surface area contributed by atoms with Crippen LogP contribution in [0.25, 0.3) is 0 Å². The summed E-state index contributed by atoms with van der Waals surface area (Å²) in [4.78, 5) is 39.7. The zero-order valence-electron chi connectivity index (χ0n) is 14.0. The fourth-order valence-electron chi connectivity index (χ4n) is 3.85. The first-order chi connectivity index (χ1) is 11.9. The van der Waals surface area contributed by atoms with E-state index in [1.54, 1.807) is 35.0 Å². The van der Waals surface area contributed by atoms with E-state index in [2.05, 4.69) is 0 Å². The molecule has 7 heteroatoms. The van der Waals surface area contributed by atoms with Gasteiger partial charge in [0, 0.05) is 31.6 Å². The van der Waals surface area contributed by atoms with Crippen LogP contribution in [0.1, 0.15) is 30.9 Å². The zero-order chi connectivity index (χ0) is 18.1. The Hall–Kier alpha value is -2.08. The number of carbonyl (C=O) groups is 3. The Morgan fingerprint density at radius 3 is 2.76 bits per heavy atom. The number of rotatable bonds is 3. The molecule has 0 aromatic heterocycles. The van der Waals surface area contributed by atoms with E-state index in [4.69, 9.17) is 11.6 Å². The molecule has 3 atom stereocenters. The largest absolute Gasteiger partial charge is 0.481 e. The molecule has 0 bridgehead atoms. The van der Waals surface area contributed by atoms with Crippen LogP contribution in [0.4, 0.5) is 0 Å². The second-order valence-electron chi connectivity index (χ2n) is 6.78. The summed E-state index contributed by atoms with van der Waals surface area (Å²) in [6, 6.07) is 6.82. The van der Waals surface area contributed by atoms with Gasteiger partial charge in [-0.3, -0.25) is 14.4 Å². The van der Waals surface area contributed by atoms with Gasteiger partial charge in [-0.1, -0.05) is 23.7 Å². The van der Waals surface area contributed by atoms with Gasteiger partial charge in [-0.15, -0.1) is 0 Å². The Balaban J connectivity index is 1.85. The van der Waals surface area contributed by atoms with Crippen molar-refractivity contribution in [1.82, 2.24) is 9.80 Å². The van der Waals surface area contributed by atoms with Gasteiger partial charge in [0.05, 0.1) is 17.9 Å². The minimum atomic E-state index is -0.872. The first kappa shape index (κ1) is 17.7. The molecule has 2 amide bonds. The summed E-state index contributed by atoms with van der Waals surface area (Å²) in [5, 5.41) is 9.79. The summed E-state index contributed by atoms with van der Waals surface area (Å²) < 4.78 is 0. The number of hydrogen-bond donors (Lipinski definition) is 1. The molecule has 2 saturated heterocycles. The highest BCUT2D eigenvalue weighted by Crippen LogP contribution is 2.39. The fraction of sp³-hybridized carbons (Fsp3) is 0.500. The summed E-state index contributed by atoms with van der Waals surface area (Å²) in [5.41, 5.74) is 0.825. The van der Waals surface area contributed by atoms with Crippen LogP contribution in [0, 0.1) is 11.8 Å². The minimum Gasteiger partial charge on any atom is -0.481 e. The van der Waals surface area contributed by atoms with E-state index in [-0.39, 0.29) is 30.8 Å². The molecule has 2 aliphatic rings. The molecule has 0 saturated carbocycles. The number of carboxylic acids is 1. The van der Waals surface area contributed by atoms with Gasteiger partial charge >= 0.3 is 5.97 Å². The molecular weight excluding hydrogens is 344 g/mol. The van der Waals surface area contributed by atoms with Gasteiger partial charge in [-0.2, -0.15) is 0 Å². The summed E-state index contributed by atoms with van der Waals surface area (Å²) in [6.07, 6.45) is 1.39. The molecule has 2 fully saturated rings. The smallest absolute Gasteiger partial charge is 0.308 e. The topological polar surface area (TPSA) is 77.9 Å². The lowest BCUT2D eigenvalue weighted by atomic mass is 9.90. The highest BCUT2D eigenvalue weighted by Gasteiger charge is 2.45. The van der Waals surface area contributed by atoms with Crippen LogP contribution in [0.2, 0.25) is 5.02 Å². The highest BCUT2D eigenvalue weighted by molar-refractivity contribution is 6.30. The van der Waals surface area contributed by atoms with Crippen LogP contribution in [0.5, 0.6) is 0 Å². The first-order valence-electron chi connectivity index (χ1n) is 8.41. The van der Waals surface area contributed by atoms with Crippen molar-refractivity contribution < 1.29 is 19.5 Å². The quantitative estimate of drug-likeness (QED) is 0.891. The van der Waals surface area contributed by atoms with Gasteiger partial charge < -0.3 is 14.9 Å². The van der Waals surface area contributed by atoms with Crippen molar-refractivity contribution in [2.75, 3.05) is 20.1 Å². The van der Waals surface area contributed by atoms with Crippen LogP contribution in [-0.2, 0) is 14.4 Å². The number of amides is 2. The standard InChI is InChI=1S/C18H21ClN2O4/c1-20-15(22)9-14(16(20)11-4-2-6-13(19)8-11)17(23)21-7-3-5-12(10-21)18(24)25/h2,4,6,8,12,14,16H,3,5,7,9-10H2,1H3,(H,24,25)/t12-,14+,16-/m1/s1. The summed E-state index contributed by atoms with van der Waals surface area (Å²) >= 11 is 6.07. The molecule has 0 unspecified atom stereocenters. The van der Waals surface area contributed by atoms with Crippen LogP contribution < -0.4 is 0 Å². The average molecular weight is 365 g/mol. The zero-order valence-corrected chi connectivity index (χ0v) is 14.8. The summed E-state index contributed by atoms with van der Waals surface area (Å²) in [5.74, 6) is -2.15. The molecule has 134 valence electrons. The molecule has 0 radical (unpaired) electrons. The molecule has 1 aromatic rings. The first-order valence-corrected chi connectivity index (χ1v) is 8.79. The maximum atomic E-state index is 13.0. The normalized spacial score (nSPS) is 26.8. The lowest BCUT2D eigenvalue weighted by Gasteiger charge is -2.34. The third-order valence-electron chi connectivity index (χ3n) is 5.18. The van der Waals surface area contributed by atoms with Crippen molar-refractivity contribution in [3.63, 3.8) is 0 Å². The van der Waals surface area contributed by atoms with Crippen LogP contribution in [0.3, 0.4) is 0 Å². The van der Waals surface area contributed by atoms with Gasteiger partial charge in [0.25, 0.3) is 0 Å². The van der Waals surface area contributed by atoms with E-state index >= 15 is 0 Å². The highest BCUT2D eigenvalue weighted by atomic mass is 35.5. The van der Waals surface area contributed by atoms with E-state index in [1.807, 2.05) is 6.07 Å². The number of halogens is 1. The molecule has 3 rings (SSSR count). The molecule has 0 aliphatic carbocycles. The monoisotopic (exact) mass is 364 g/mol. The Morgan fingerprint density at radius 2 is 2.08 bits per heavy atom. The maximum Gasteiger partial charge on any atom is 0.308 e. The van der Waals surface area contributed by atoms with Gasteiger partial charge in [0.2, 0.25) is 11.8 Å². The Bertz CT molecular complexity index is 708. The van der Waals surface area contributed by atoms with Crippen LogP contribution >= 0.6 is 11.6 Å². The van der Waals surface area contributed by atoms with Gasteiger partial charge in [-0.25, -0.2) is 0 Å². The minimum absolute atomic E-state index is 0.0879. The fourth-order valence-corrected chi connectivity index (χ4v) is 4.05. The van der Waals surface area contributed by atoms with Gasteiger partial charge in [0.1, 0.15) is 0 Å². The number of carboxylic acid groups (broad SMARTS) is 1. The average Bonchev–Trinajstić information content (AvgIpc) is 2.89. The third-order valence-corrected chi connectivity index (χ3v) is 5.41. The van der Waals surface area contributed by atoms with E-state index in [0.29, 0.717) is 24.4 Å². The van der Waals surface area contributed by atoms with Crippen molar-refractivity contribution in [2.24, 2.45) is 11.8 Å². The Morgan fingerprint density at radius 1 is 1.32 bits per heavy atom. The number of hydrogen-bond acceptors (Lipinski definition) is 3. The van der Waals surface area contributed by atoms with Gasteiger partial charge in [-0.05, 0) is 30.5 Å². The molecule has 2 aliphatic heterocycles. The number of benzene rings is 1.